The number of hydrogen-bond acceptors (Lipinski definition) is 3. The highest BCUT2D eigenvalue weighted by Gasteiger charge is 2.24. The number of nitrogens with one attached hydrogen (secondary N) is 1. The van der Waals surface area contributed by atoms with Crippen LogP contribution < -0.4 is 11.1 Å². The summed E-state index contributed by atoms with van der Waals surface area (Å²) >= 11 is 0. The first kappa shape index (κ1) is 15.1. The van der Waals surface area contributed by atoms with Gasteiger partial charge in [0.2, 0.25) is 0 Å². The minimum absolute atomic E-state index is 0. The van der Waals surface area contributed by atoms with E-state index in [4.69, 9.17) is 10.2 Å². The van der Waals surface area contributed by atoms with Crippen molar-refractivity contribution in [2.45, 2.75) is 38.1 Å². The largest absolute Gasteiger partial charge is 0.459 e. The first-order chi connectivity index (χ1) is 8.31. The molecule has 1 saturated carbocycles. The van der Waals surface area contributed by atoms with E-state index in [-0.39, 0.29) is 24.4 Å². The van der Waals surface area contributed by atoms with Crippen molar-refractivity contribution in [2.75, 3.05) is 6.54 Å². The second-order valence-electron chi connectivity index (χ2n) is 4.69. The molecular formula is C13H21ClN2O2. The minimum atomic E-state index is -0.156. The number of carbonyl (C=O) groups excluding carboxylic acids is 1. The van der Waals surface area contributed by atoms with Crippen LogP contribution >= 0.6 is 12.4 Å². The van der Waals surface area contributed by atoms with Gasteiger partial charge >= 0.3 is 0 Å². The van der Waals surface area contributed by atoms with Crippen LogP contribution in [0.2, 0.25) is 0 Å². The number of furan rings is 1. The molecular weight excluding hydrogens is 252 g/mol. The van der Waals surface area contributed by atoms with Crippen LogP contribution in [0, 0.1) is 5.92 Å². The second-order valence-corrected chi connectivity index (χ2v) is 4.69. The molecule has 1 atom stereocenters. The fourth-order valence-electron chi connectivity index (χ4n) is 2.55. The Morgan fingerprint density at radius 2 is 2.17 bits per heavy atom. The third-order valence-corrected chi connectivity index (χ3v) is 3.53. The number of nitrogens with two attached hydrogens (primary N) is 1. The van der Waals surface area contributed by atoms with Gasteiger partial charge in [-0.3, -0.25) is 4.79 Å². The van der Waals surface area contributed by atoms with Gasteiger partial charge in [0, 0.05) is 12.6 Å². The van der Waals surface area contributed by atoms with Gasteiger partial charge in [0.25, 0.3) is 5.91 Å². The van der Waals surface area contributed by atoms with Crippen molar-refractivity contribution in [2.24, 2.45) is 11.7 Å². The molecule has 1 amide bonds. The van der Waals surface area contributed by atoms with E-state index >= 15 is 0 Å². The van der Waals surface area contributed by atoms with Crippen LogP contribution in [0.15, 0.2) is 22.8 Å². The predicted octanol–water partition coefficient (Wildman–Crippen LogP) is 2.34. The van der Waals surface area contributed by atoms with Crippen molar-refractivity contribution in [1.82, 2.24) is 5.32 Å². The van der Waals surface area contributed by atoms with Crippen molar-refractivity contribution in [3.63, 3.8) is 0 Å². The molecule has 1 aromatic rings. The molecule has 0 radical (unpaired) electrons. The maximum Gasteiger partial charge on any atom is 0.287 e. The fourth-order valence-corrected chi connectivity index (χ4v) is 2.55. The lowest BCUT2D eigenvalue weighted by atomic mass is 9.84. The molecule has 0 aromatic carbocycles. The van der Waals surface area contributed by atoms with Gasteiger partial charge in [-0.25, -0.2) is 0 Å². The third kappa shape index (κ3) is 3.75. The molecule has 1 unspecified atom stereocenters. The van der Waals surface area contributed by atoms with Gasteiger partial charge in [-0.1, -0.05) is 19.3 Å². The maximum atomic E-state index is 11.9. The van der Waals surface area contributed by atoms with Crippen LogP contribution in [0.5, 0.6) is 0 Å². The summed E-state index contributed by atoms with van der Waals surface area (Å²) < 4.78 is 5.08. The molecule has 5 heteroatoms. The van der Waals surface area contributed by atoms with E-state index in [0.717, 1.165) is 0 Å². The lowest BCUT2D eigenvalue weighted by Crippen LogP contribution is -2.45. The van der Waals surface area contributed by atoms with E-state index < -0.39 is 0 Å². The van der Waals surface area contributed by atoms with Crippen molar-refractivity contribution < 1.29 is 9.21 Å². The summed E-state index contributed by atoms with van der Waals surface area (Å²) in [5.74, 6) is 0.725. The van der Waals surface area contributed by atoms with Gasteiger partial charge in [-0.15, -0.1) is 12.4 Å². The fraction of sp³-hybridized carbons (Fsp3) is 0.615. The van der Waals surface area contributed by atoms with Crippen molar-refractivity contribution >= 4 is 18.3 Å². The number of rotatable bonds is 4. The summed E-state index contributed by atoms with van der Waals surface area (Å²) in [7, 11) is 0. The molecule has 102 valence electrons. The molecule has 0 aliphatic heterocycles. The van der Waals surface area contributed by atoms with Crippen LogP contribution in [-0.2, 0) is 0 Å². The lowest BCUT2D eigenvalue weighted by molar-refractivity contribution is 0.0887. The Hall–Kier alpha value is -1.00. The smallest absolute Gasteiger partial charge is 0.287 e. The minimum Gasteiger partial charge on any atom is -0.459 e. The van der Waals surface area contributed by atoms with E-state index in [0.29, 0.717) is 18.2 Å². The Morgan fingerprint density at radius 1 is 1.44 bits per heavy atom. The van der Waals surface area contributed by atoms with Crippen LogP contribution in [0.4, 0.5) is 0 Å². The SMILES string of the molecule is Cl.NCC(NC(=O)c1ccco1)C1CCCCC1. The van der Waals surface area contributed by atoms with Gasteiger partial charge in [-0.05, 0) is 30.9 Å². The van der Waals surface area contributed by atoms with Crippen LogP contribution in [-0.4, -0.2) is 18.5 Å². The first-order valence-corrected chi connectivity index (χ1v) is 6.35. The Bertz CT molecular complexity index is 348. The molecule has 1 fully saturated rings. The van der Waals surface area contributed by atoms with Gasteiger partial charge in [0.15, 0.2) is 5.76 Å². The average molecular weight is 273 g/mol. The molecule has 1 heterocycles. The molecule has 4 nitrogen and oxygen atoms in total. The summed E-state index contributed by atoms with van der Waals surface area (Å²) in [6, 6.07) is 3.46. The number of hydrogen-bond donors (Lipinski definition) is 2. The summed E-state index contributed by atoms with van der Waals surface area (Å²) in [5, 5.41) is 2.98. The van der Waals surface area contributed by atoms with E-state index in [1.165, 1.54) is 38.4 Å². The third-order valence-electron chi connectivity index (χ3n) is 3.53. The lowest BCUT2D eigenvalue weighted by Gasteiger charge is -2.29. The molecule has 1 aromatic heterocycles. The van der Waals surface area contributed by atoms with Gasteiger partial charge in [-0.2, -0.15) is 0 Å². The van der Waals surface area contributed by atoms with E-state index in [1.54, 1.807) is 12.1 Å². The highest BCUT2D eigenvalue weighted by atomic mass is 35.5. The summed E-state index contributed by atoms with van der Waals surface area (Å²) in [6.45, 7) is 0.497. The summed E-state index contributed by atoms with van der Waals surface area (Å²) in [5.41, 5.74) is 5.76. The number of amides is 1. The highest BCUT2D eigenvalue weighted by Crippen LogP contribution is 2.26. The standard InChI is InChI=1S/C13H20N2O2.ClH/c14-9-11(10-5-2-1-3-6-10)15-13(16)12-7-4-8-17-12;/h4,7-8,10-11H,1-3,5-6,9,14H2,(H,15,16);1H. The molecule has 3 N–H and O–H groups in total. The Balaban J connectivity index is 0.00000162. The zero-order valence-electron chi connectivity index (χ0n) is 10.4. The first-order valence-electron chi connectivity index (χ1n) is 6.35. The van der Waals surface area contributed by atoms with Gasteiger partial charge in [0.1, 0.15) is 0 Å². The van der Waals surface area contributed by atoms with E-state index in [1.807, 2.05) is 0 Å². The van der Waals surface area contributed by atoms with Crippen LogP contribution in [0.25, 0.3) is 0 Å². The van der Waals surface area contributed by atoms with Gasteiger partial charge in [0.05, 0.1) is 6.26 Å². The predicted molar refractivity (Wildman–Crippen MR) is 72.8 cm³/mol. The maximum absolute atomic E-state index is 11.9. The molecule has 18 heavy (non-hydrogen) atoms. The summed E-state index contributed by atoms with van der Waals surface area (Å²) in [6.07, 6.45) is 7.64. The molecule has 0 spiro atoms. The number of carbonyl (C=O) groups is 1. The molecule has 1 aliphatic carbocycles. The average Bonchev–Trinajstić information content (AvgIpc) is 2.90. The zero-order valence-corrected chi connectivity index (χ0v) is 11.2. The van der Waals surface area contributed by atoms with Crippen LogP contribution in [0.1, 0.15) is 42.7 Å². The molecule has 1 aliphatic rings. The monoisotopic (exact) mass is 272 g/mol. The van der Waals surface area contributed by atoms with Crippen LogP contribution in [0.3, 0.4) is 0 Å². The quantitative estimate of drug-likeness (QED) is 0.884. The van der Waals surface area contributed by atoms with Crippen molar-refractivity contribution in [3.05, 3.63) is 24.2 Å². The van der Waals surface area contributed by atoms with E-state index in [2.05, 4.69) is 5.32 Å². The van der Waals surface area contributed by atoms with Gasteiger partial charge < -0.3 is 15.5 Å². The Kier molecular flexibility index (Phi) is 6.22. The molecule has 0 bridgehead atoms. The molecule has 0 saturated heterocycles. The topological polar surface area (TPSA) is 68.3 Å². The second kappa shape index (κ2) is 7.44. The zero-order chi connectivity index (χ0) is 12.1. The Morgan fingerprint density at radius 3 is 2.72 bits per heavy atom. The van der Waals surface area contributed by atoms with E-state index in [9.17, 15) is 4.79 Å². The summed E-state index contributed by atoms with van der Waals surface area (Å²) in [4.78, 5) is 11.9. The Labute approximate surface area is 114 Å². The number of halogens is 1. The van der Waals surface area contributed by atoms with Crippen molar-refractivity contribution in [1.29, 1.82) is 0 Å². The van der Waals surface area contributed by atoms with Crippen molar-refractivity contribution in [3.8, 4) is 0 Å². The molecule has 2 rings (SSSR count). The highest BCUT2D eigenvalue weighted by molar-refractivity contribution is 5.91. The normalized spacial score (nSPS) is 17.8.